The first-order chi connectivity index (χ1) is 8.22. The fourth-order valence-corrected chi connectivity index (χ4v) is 2.90. The molecule has 1 aromatic rings. The summed E-state index contributed by atoms with van der Waals surface area (Å²) in [6.07, 6.45) is 5.46. The molecule has 0 spiro atoms. The maximum absolute atomic E-state index is 3.55. The van der Waals surface area contributed by atoms with Gasteiger partial charge in [0.1, 0.15) is 0 Å². The Hall–Kier alpha value is -0.980. The minimum absolute atomic E-state index is 0.724. The quantitative estimate of drug-likeness (QED) is 0.723. The molecule has 0 aliphatic carbocycles. The van der Waals surface area contributed by atoms with Crippen LogP contribution in [0.15, 0.2) is 18.2 Å². The van der Waals surface area contributed by atoms with E-state index >= 15 is 0 Å². The summed E-state index contributed by atoms with van der Waals surface area (Å²) in [6, 6.07) is 6.82. The van der Waals surface area contributed by atoms with Gasteiger partial charge in [0.15, 0.2) is 0 Å². The van der Waals surface area contributed by atoms with Crippen molar-refractivity contribution in [1.82, 2.24) is 0 Å². The van der Waals surface area contributed by atoms with E-state index in [-0.39, 0.29) is 0 Å². The number of fused-ring (bicyclic) bond motifs is 1. The van der Waals surface area contributed by atoms with Gasteiger partial charge in [0, 0.05) is 18.2 Å². The first-order valence-corrected chi connectivity index (χ1v) is 7.06. The van der Waals surface area contributed by atoms with Crippen molar-refractivity contribution in [3.8, 4) is 0 Å². The predicted octanol–water partition coefficient (Wildman–Crippen LogP) is 4.72. The summed E-state index contributed by atoms with van der Waals surface area (Å²) in [5.41, 5.74) is 4.30. The second-order valence-corrected chi connectivity index (χ2v) is 5.55. The highest BCUT2D eigenvalue weighted by Gasteiger charge is 2.26. The molecule has 2 unspecified atom stereocenters. The zero-order valence-corrected chi connectivity index (χ0v) is 11.4. The Morgan fingerprint density at radius 3 is 2.94 bits per heavy atom. The summed E-state index contributed by atoms with van der Waals surface area (Å²) in [4.78, 5) is 0. The number of benzene rings is 1. The first-order valence-electron chi connectivity index (χ1n) is 7.06. The van der Waals surface area contributed by atoms with Crippen molar-refractivity contribution in [3.63, 3.8) is 0 Å². The van der Waals surface area contributed by atoms with E-state index in [2.05, 4.69) is 44.3 Å². The summed E-state index contributed by atoms with van der Waals surface area (Å²) in [7, 11) is 0. The molecule has 1 heterocycles. The molecule has 2 rings (SSSR count). The van der Waals surface area contributed by atoms with Gasteiger partial charge in [-0.1, -0.05) is 57.2 Å². The van der Waals surface area contributed by atoms with Gasteiger partial charge < -0.3 is 5.32 Å². The fraction of sp³-hybridized carbons (Fsp3) is 0.625. The summed E-state index contributed by atoms with van der Waals surface area (Å²) in [5, 5.41) is 3.55. The van der Waals surface area contributed by atoms with E-state index in [1.54, 1.807) is 5.56 Å². The van der Waals surface area contributed by atoms with Crippen molar-refractivity contribution in [2.24, 2.45) is 5.92 Å². The van der Waals surface area contributed by atoms with Gasteiger partial charge in [0.25, 0.3) is 0 Å². The molecule has 0 bridgehead atoms. The van der Waals surface area contributed by atoms with Gasteiger partial charge in [-0.25, -0.2) is 0 Å². The van der Waals surface area contributed by atoms with Crippen LogP contribution in [-0.2, 0) is 0 Å². The number of anilines is 1. The van der Waals surface area contributed by atoms with E-state index in [4.69, 9.17) is 0 Å². The highest BCUT2D eigenvalue weighted by Crippen LogP contribution is 2.38. The number of nitrogens with one attached hydrogen (secondary N) is 1. The zero-order chi connectivity index (χ0) is 12.3. The van der Waals surface area contributed by atoms with Crippen LogP contribution in [0.25, 0.3) is 0 Å². The fourth-order valence-electron chi connectivity index (χ4n) is 2.90. The SMILES string of the molecule is CCCCCC(C)C1CNc2ccc(C)cc21. The van der Waals surface area contributed by atoms with Crippen molar-refractivity contribution in [1.29, 1.82) is 0 Å². The predicted molar refractivity (Wildman–Crippen MR) is 75.7 cm³/mol. The van der Waals surface area contributed by atoms with Crippen LogP contribution in [0.1, 0.15) is 56.6 Å². The number of aryl methyl sites for hydroxylation is 1. The van der Waals surface area contributed by atoms with Crippen LogP contribution in [0.5, 0.6) is 0 Å². The van der Waals surface area contributed by atoms with Crippen molar-refractivity contribution in [3.05, 3.63) is 29.3 Å². The molecule has 1 nitrogen and oxygen atoms in total. The van der Waals surface area contributed by atoms with E-state index in [0.717, 1.165) is 18.4 Å². The highest BCUT2D eigenvalue weighted by atomic mass is 14.9. The van der Waals surface area contributed by atoms with Crippen molar-refractivity contribution in [2.45, 2.75) is 52.4 Å². The van der Waals surface area contributed by atoms with Crippen LogP contribution in [0, 0.1) is 12.8 Å². The third kappa shape index (κ3) is 2.83. The Bertz CT molecular complexity index is 370. The van der Waals surface area contributed by atoms with Crippen LogP contribution in [0.3, 0.4) is 0 Å². The minimum atomic E-state index is 0.724. The zero-order valence-electron chi connectivity index (χ0n) is 11.4. The first kappa shape index (κ1) is 12.5. The Balaban J connectivity index is 2.02. The lowest BCUT2D eigenvalue weighted by atomic mass is 9.85. The van der Waals surface area contributed by atoms with Gasteiger partial charge in [0.2, 0.25) is 0 Å². The van der Waals surface area contributed by atoms with Crippen molar-refractivity contribution >= 4 is 5.69 Å². The van der Waals surface area contributed by atoms with Crippen molar-refractivity contribution < 1.29 is 0 Å². The summed E-state index contributed by atoms with van der Waals surface area (Å²) in [5.74, 6) is 1.53. The second kappa shape index (κ2) is 5.57. The monoisotopic (exact) mass is 231 g/mol. The number of rotatable bonds is 5. The van der Waals surface area contributed by atoms with Gasteiger partial charge in [0.05, 0.1) is 0 Å². The van der Waals surface area contributed by atoms with Crippen LogP contribution in [-0.4, -0.2) is 6.54 Å². The maximum Gasteiger partial charge on any atom is 0.0376 e. The molecule has 0 saturated heterocycles. The number of unbranched alkanes of at least 4 members (excludes halogenated alkanes) is 2. The largest absolute Gasteiger partial charge is 0.384 e. The number of hydrogen-bond acceptors (Lipinski definition) is 1. The molecule has 1 aromatic carbocycles. The molecular weight excluding hydrogens is 206 g/mol. The van der Waals surface area contributed by atoms with Crippen LogP contribution < -0.4 is 5.32 Å². The van der Waals surface area contributed by atoms with Crippen LogP contribution in [0.4, 0.5) is 5.69 Å². The lowest BCUT2D eigenvalue weighted by Gasteiger charge is -2.19. The Morgan fingerprint density at radius 1 is 1.35 bits per heavy atom. The molecule has 0 fully saturated rings. The molecule has 94 valence electrons. The number of hydrogen-bond donors (Lipinski definition) is 1. The van der Waals surface area contributed by atoms with Gasteiger partial charge in [-0.15, -0.1) is 0 Å². The van der Waals surface area contributed by atoms with E-state index in [1.807, 2.05) is 0 Å². The molecule has 1 aliphatic heterocycles. The average Bonchev–Trinajstić information content (AvgIpc) is 2.72. The Morgan fingerprint density at radius 2 is 2.18 bits per heavy atom. The lowest BCUT2D eigenvalue weighted by molar-refractivity contribution is 0.430. The summed E-state index contributed by atoms with van der Waals surface area (Å²) < 4.78 is 0. The highest BCUT2D eigenvalue weighted by molar-refractivity contribution is 5.59. The van der Waals surface area contributed by atoms with Gasteiger partial charge in [-0.3, -0.25) is 0 Å². The lowest BCUT2D eigenvalue weighted by Crippen LogP contribution is -2.12. The average molecular weight is 231 g/mol. The van der Waals surface area contributed by atoms with Gasteiger partial charge >= 0.3 is 0 Å². The van der Waals surface area contributed by atoms with E-state index < -0.39 is 0 Å². The van der Waals surface area contributed by atoms with E-state index in [0.29, 0.717) is 0 Å². The van der Waals surface area contributed by atoms with Gasteiger partial charge in [-0.2, -0.15) is 0 Å². The van der Waals surface area contributed by atoms with E-state index in [9.17, 15) is 0 Å². The third-order valence-corrected chi connectivity index (χ3v) is 4.07. The molecule has 0 saturated carbocycles. The van der Waals surface area contributed by atoms with Crippen LogP contribution >= 0.6 is 0 Å². The standard InChI is InChI=1S/C16H25N/c1-4-5-6-7-13(3)15-11-17-16-9-8-12(2)10-14(15)16/h8-10,13,15,17H,4-7,11H2,1-3H3. The molecule has 0 radical (unpaired) electrons. The molecule has 0 aromatic heterocycles. The molecule has 17 heavy (non-hydrogen) atoms. The molecule has 1 heteroatoms. The van der Waals surface area contributed by atoms with Crippen molar-refractivity contribution in [2.75, 3.05) is 11.9 Å². The molecule has 0 amide bonds. The second-order valence-electron chi connectivity index (χ2n) is 5.55. The summed E-state index contributed by atoms with van der Waals surface area (Å²) >= 11 is 0. The van der Waals surface area contributed by atoms with Gasteiger partial charge in [-0.05, 0) is 24.5 Å². The van der Waals surface area contributed by atoms with E-state index in [1.165, 1.54) is 36.9 Å². The molecule has 1 N–H and O–H groups in total. The Kier molecular flexibility index (Phi) is 4.09. The minimum Gasteiger partial charge on any atom is -0.384 e. The molecule has 2 atom stereocenters. The molecular formula is C16H25N. The Labute approximate surface area is 106 Å². The topological polar surface area (TPSA) is 12.0 Å². The molecule has 1 aliphatic rings. The maximum atomic E-state index is 3.55. The summed E-state index contributed by atoms with van der Waals surface area (Å²) in [6.45, 7) is 8.02. The van der Waals surface area contributed by atoms with Crippen LogP contribution in [0.2, 0.25) is 0 Å². The normalized spacial score (nSPS) is 19.8. The third-order valence-electron chi connectivity index (χ3n) is 4.07. The smallest absolute Gasteiger partial charge is 0.0376 e.